The highest BCUT2D eigenvalue weighted by Crippen LogP contribution is 2.28. The molecule has 1 fully saturated rings. The Bertz CT molecular complexity index is 404. The van der Waals surface area contributed by atoms with E-state index in [0.29, 0.717) is 25.9 Å². The number of carbonyl (C=O) groups excluding carboxylic acids is 1. The van der Waals surface area contributed by atoms with Crippen LogP contribution >= 0.6 is 0 Å². The monoisotopic (exact) mass is 264 g/mol. The minimum absolute atomic E-state index is 0.193. The van der Waals surface area contributed by atoms with Gasteiger partial charge in [-0.15, -0.1) is 0 Å². The van der Waals surface area contributed by atoms with Crippen LogP contribution in [0.2, 0.25) is 0 Å². The lowest BCUT2D eigenvalue weighted by Gasteiger charge is -2.31. The molecular formula is C15H20O4. The largest absolute Gasteiger partial charge is 0.469 e. The normalized spacial score (nSPS) is 26.9. The van der Waals surface area contributed by atoms with E-state index in [0.717, 1.165) is 5.56 Å². The fraction of sp³-hybridized carbons (Fsp3) is 0.533. The van der Waals surface area contributed by atoms with Gasteiger partial charge in [0, 0.05) is 0 Å². The second-order valence-corrected chi connectivity index (χ2v) is 4.94. The van der Waals surface area contributed by atoms with E-state index in [-0.39, 0.29) is 18.0 Å². The third kappa shape index (κ3) is 3.78. The van der Waals surface area contributed by atoms with Crippen molar-refractivity contribution in [2.75, 3.05) is 7.11 Å². The molecule has 0 heterocycles. The van der Waals surface area contributed by atoms with Crippen LogP contribution in [-0.4, -0.2) is 30.4 Å². The molecule has 4 heteroatoms. The molecule has 0 saturated heterocycles. The van der Waals surface area contributed by atoms with Crippen molar-refractivity contribution >= 4 is 5.97 Å². The molecule has 2 rings (SSSR count). The molecule has 0 radical (unpaired) electrons. The van der Waals surface area contributed by atoms with Crippen LogP contribution in [-0.2, 0) is 20.9 Å². The van der Waals surface area contributed by atoms with Crippen molar-refractivity contribution in [3.05, 3.63) is 35.9 Å². The number of hydrogen-bond donors (Lipinski definition) is 1. The van der Waals surface area contributed by atoms with Crippen molar-refractivity contribution in [2.24, 2.45) is 5.92 Å². The van der Waals surface area contributed by atoms with Gasteiger partial charge in [-0.2, -0.15) is 0 Å². The Labute approximate surface area is 113 Å². The number of rotatable bonds is 4. The summed E-state index contributed by atoms with van der Waals surface area (Å²) in [6, 6.07) is 9.87. The Balaban J connectivity index is 1.82. The molecule has 3 atom stereocenters. The summed E-state index contributed by atoms with van der Waals surface area (Å²) in [7, 11) is 1.38. The van der Waals surface area contributed by atoms with Crippen LogP contribution < -0.4 is 0 Å². The fourth-order valence-electron chi connectivity index (χ4n) is 2.47. The highest BCUT2D eigenvalue weighted by atomic mass is 16.5. The summed E-state index contributed by atoms with van der Waals surface area (Å²) >= 11 is 0. The Kier molecular flexibility index (Phi) is 4.93. The highest BCUT2D eigenvalue weighted by molar-refractivity contribution is 5.72. The molecule has 1 saturated carbocycles. The van der Waals surface area contributed by atoms with Crippen molar-refractivity contribution in [1.82, 2.24) is 0 Å². The number of aliphatic hydroxyl groups excluding tert-OH is 1. The quantitative estimate of drug-likeness (QED) is 0.844. The second-order valence-electron chi connectivity index (χ2n) is 4.94. The zero-order valence-electron chi connectivity index (χ0n) is 11.1. The second kappa shape index (κ2) is 6.68. The first-order valence-corrected chi connectivity index (χ1v) is 6.62. The number of esters is 1. The van der Waals surface area contributed by atoms with Gasteiger partial charge in [0.05, 0.1) is 31.8 Å². The van der Waals surface area contributed by atoms with Gasteiger partial charge >= 0.3 is 5.97 Å². The first-order valence-electron chi connectivity index (χ1n) is 6.62. The molecular weight excluding hydrogens is 244 g/mol. The number of aliphatic hydroxyl groups is 1. The van der Waals surface area contributed by atoms with Crippen LogP contribution in [0.15, 0.2) is 30.3 Å². The SMILES string of the molecule is COC(=O)C1CCC(OCc2ccccc2)C(O)C1. The van der Waals surface area contributed by atoms with Gasteiger partial charge in [-0.1, -0.05) is 30.3 Å². The summed E-state index contributed by atoms with van der Waals surface area (Å²) in [6.45, 7) is 0.492. The van der Waals surface area contributed by atoms with E-state index in [2.05, 4.69) is 0 Å². The minimum Gasteiger partial charge on any atom is -0.469 e. The number of ether oxygens (including phenoxy) is 2. The van der Waals surface area contributed by atoms with Gasteiger partial charge in [0.2, 0.25) is 0 Å². The van der Waals surface area contributed by atoms with Crippen molar-refractivity contribution in [3.63, 3.8) is 0 Å². The van der Waals surface area contributed by atoms with Crippen LogP contribution in [0.25, 0.3) is 0 Å². The van der Waals surface area contributed by atoms with E-state index in [9.17, 15) is 9.90 Å². The summed E-state index contributed by atoms with van der Waals surface area (Å²) in [5.41, 5.74) is 1.09. The Morgan fingerprint density at radius 2 is 2.05 bits per heavy atom. The fourth-order valence-corrected chi connectivity index (χ4v) is 2.47. The smallest absolute Gasteiger partial charge is 0.308 e. The summed E-state index contributed by atoms with van der Waals surface area (Å²) < 4.78 is 10.5. The molecule has 0 spiro atoms. The molecule has 1 aliphatic rings. The van der Waals surface area contributed by atoms with Gasteiger partial charge in [-0.05, 0) is 24.8 Å². The first-order chi connectivity index (χ1) is 9.20. The van der Waals surface area contributed by atoms with E-state index in [1.165, 1.54) is 7.11 Å². The van der Waals surface area contributed by atoms with Crippen LogP contribution in [0.3, 0.4) is 0 Å². The third-order valence-electron chi connectivity index (χ3n) is 3.60. The maximum Gasteiger partial charge on any atom is 0.308 e. The molecule has 1 aliphatic carbocycles. The molecule has 0 aromatic heterocycles. The molecule has 19 heavy (non-hydrogen) atoms. The molecule has 0 aliphatic heterocycles. The van der Waals surface area contributed by atoms with Gasteiger partial charge in [-0.25, -0.2) is 0 Å². The molecule has 1 N–H and O–H groups in total. The maximum absolute atomic E-state index is 11.4. The summed E-state index contributed by atoms with van der Waals surface area (Å²) in [4.78, 5) is 11.4. The van der Waals surface area contributed by atoms with Crippen LogP contribution in [0, 0.1) is 5.92 Å². The lowest BCUT2D eigenvalue weighted by atomic mass is 9.85. The van der Waals surface area contributed by atoms with Crippen LogP contribution in [0.5, 0.6) is 0 Å². The average Bonchev–Trinajstić information content (AvgIpc) is 2.46. The average molecular weight is 264 g/mol. The molecule has 1 aromatic carbocycles. The lowest BCUT2D eigenvalue weighted by Crippen LogP contribution is -2.38. The third-order valence-corrected chi connectivity index (χ3v) is 3.60. The number of benzene rings is 1. The maximum atomic E-state index is 11.4. The predicted molar refractivity (Wildman–Crippen MR) is 70.4 cm³/mol. The zero-order valence-corrected chi connectivity index (χ0v) is 11.1. The molecule has 3 unspecified atom stereocenters. The molecule has 1 aromatic rings. The van der Waals surface area contributed by atoms with E-state index in [4.69, 9.17) is 9.47 Å². The first kappa shape index (κ1) is 14.0. The summed E-state index contributed by atoms with van der Waals surface area (Å²) in [5, 5.41) is 10.0. The molecule has 104 valence electrons. The van der Waals surface area contributed by atoms with Gasteiger partial charge in [0.1, 0.15) is 0 Å². The highest BCUT2D eigenvalue weighted by Gasteiger charge is 2.33. The number of carbonyl (C=O) groups is 1. The van der Waals surface area contributed by atoms with Crippen LogP contribution in [0.4, 0.5) is 0 Å². The van der Waals surface area contributed by atoms with Crippen LogP contribution in [0.1, 0.15) is 24.8 Å². The van der Waals surface area contributed by atoms with Gasteiger partial charge < -0.3 is 14.6 Å². The summed E-state index contributed by atoms with van der Waals surface area (Å²) in [5.74, 6) is -0.433. The predicted octanol–water partition coefficient (Wildman–Crippen LogP) is 1.91. The van der Waals surface area contributed by atoms with Crippen molar-refractivity contribution in [1.29, 1.82) is 0 Å². The van der Waals surface area contributed by atoms with Gasteiger partial charge in [0.25, 0.3) is 0 Å². The topological polar surface area (TPSA) is 55.8 Å². The molecule has 4 nitrogen and oxygen atoms in total. The lowest BCUT2D eigenvalue weighted by molar-refractivity contribution is -0.151. The zero-order chi connectivity index (χ0) is 13.7. The Morgan fingerprint density at radius 1 is 1.32 bits per heavy atom. The van der Waals surface area contributed by atoms with Crippen molar-refractivity contribution in [2.45, 2.75) is 38.1 Å². The van der Waals surface area contributed by atoms with Crippen molar-refractivity contribution in [3.8, 4) is 0 Å². The number of hydrogen-bond acceptors (Lipinski definition) is 4. The van der Waals surface area contributed by atoms with E-state index in [1.54, 1.807) is 0 Å². The Hall–Kier alpha value is -1.39. The van der Waals surface area contributed by atoms with Crippen molar-refractivity contribution < 1.29 is 19.4 Å². The number of methoxy groups -OCH3 is 1. The van der Waals surface area contributed by atoms with E-state index >= 15 is 0 Å². The Morgan fingerprint density at radius 3 is 2.68 bits per heavy atom. The van der Waals surface area contributed by atoms with Gasteiger partial charge in [0.15, 0.2) is 0 Å². The molecule has 0 bridgehead atoms. The van der Waals surface area contributed by atoms with E-state index in [1.807, 2.05) is 30.3 Å². The molecule has 0 amide bonds. The van der Waals surface area contributed by atoms with E-state index < -0.39 is 6.10 Å². The minimum atomic E-state index is -0.596. The van der Waals surface area contributed by atoms with Gasteiger partial charge in [-0.3, -0.25) is 4.79 Å². The summed E-state index contributed by atoms with van der Waals surface area (Å²) in [6.07, 6.45) is 1.03. The standard InChI is InChI=1S/C15H20O4/c1-18-15(17)12-7-8-14(13(16)9-12)19-10-11-5-3-2-4-6-11/h2-6,12-14,16H,7-10H2,1H3.